The van der Waals surface area contributed by atoms with Crippen LogP contribution in [0.15, 0.2) is 89.3 Å². The molecule has 2 nitrogen and oxygen atoms in total. The molecule has 5 aromatic carbocycles. The van der Waals surface area contributed by atoms with Gasteiger partial charge in [-0.15, -0.1) is 16.4 Å². The molecule has 0 saturated carbocycles. The Bertz CT molecular complexity index is 2080. The van der Waals surface area contributed by atoms with Crippen molar-refractivity contribution >= 4 is 106 Å². The predicted molar refractivity (Wildman–Crippen MR) is 196 cm³/mol. The van der Waals surface area contributed by atoms with Gasteiger partial charge in [-0.1, -0.05) is 81.1 Å². The Balaban J connectivity index is 1.43. The van der Waals surface area contributed by atoms with E-state index in [4.69, 9.17) is 43.6 Å². The summed E-state index contributed by atoms with van der Waals surface area (Å²) >= 11 is 0. The maximum absolute atomic E-state index is 6.64. The largest absolute Gasteiger partial charge is 0.456 e. The molecule has 7 heteroatoms. The number of anilines is 3. The number of hydrogen-bond acceptors (Lipinski definition) is 2. The number of hydrogen-bond donors (Lipinski definition) is 0. The average Bonchev–Trinajstić information content (AvgIpc) is 3.40. The monoisotopic (exact) mass is 571 g/mol. The molecule has 1 heterocycles. The zero-order valence-corrected chi connectivity index (χ0v) is 26.2. The van der Waals surface area contributed by atoms with E-state index >= 15 is 0 Å². The molecule has 0 aliphatic heterocycles. The maximum atomic E-state index is 6.64. The van der Waals surface area contributed by atoms with Gasteiger partial charge in [0.05, 0.1) is 0 Å². The highest BCUT2D eigenvalue weighted by Crippen LogP contribution is 2.48. The molecule has 10 radical (unpaired) electrons. The average molecular weight is 571 g/mol. The van der Waals surface area contributed by atoms with Gasteiger partial charge in [0.2, 0.25) is 0 Å². The summed E-state index contributed by atoms with van der Waals surface area (Å²) in [5, 5.41) is 2.16. The molecule has 45 heavy (non-hydrogen) atoms. The smallest absolute Gasteiger partial charge is 0.137 e. The molecular formula is C38H30B5NO. The first-order chi connectivity index (χ1) is 21.4. The van der Waals surface area contributed by atoms with Gasteiger partial charge < -0.3 is 9.32 Å². The van der Waals surface area contributed by atoms with Crippen LogP contribution in [-0.2, 0) is 10.8 Å². The SMILES string of the molecule is [B]c1c([B])c([B])c(N(c2ccc(-c3ccccc3)cc2)c2ccc3c(c2)oc2cc4c(cc23)C(C)(C)CCC4(C)C)c([B])c1[B]. The minimum atomic E-state index is 0.0793. The van der Waals surface area contributed by atoms with Crippen LogP contribution in [0.1, 0.15) is 51.7 Å². The van der Waals surface area contributed by atoms with E-state index in [2.05, 4.69) is 76.2 Å². The third kappa shape index (κ3) is 4.78. The number of nitrogens with zero attached hydrogens (tertiary/aromatic N) is 1. The van der Waals surface area contributed by atoms with Crippen LogP contribution in [0.25, 0.3) is 33.1 Å². The van der Waals surface area contributed by atoms with Crippen LogP contribution in [0.4, 0.5) is 17.1 Å². The Morgan fingerprint density at radius 2 is 1.04 bits per heavy atom. The number of rotatable bonds is 4. The van der Waals surface area contributed by atoms with Crippen molar-refractivity contribution in [3.8, 4) is 11.1 Å². The molecule has 0 spiro atoms. The first-order valence-electron chi connectivity index (χ1n) is 15.4. The molecule has 6 aromatic rings. The van der Waals surface area contributed by atoms with E-state index in [0.717, 1.165) is 57.3 Å². The van der Waals surface area contributed by atoms with Gasteiger partial charge >= 0.3 is 0 Å². The topological polar surface area (TPSA) is 16.4 Å². The molecule has 0 N–H and O–H groups in total. The van der Waals surface area contributed by atoms with E-state index in [1.165, 1.54) is 11.1 Å². The molecule has 0 saturated heterocycles. The number of benzene rings is 5. The van der Waals surface area contributed by atoms with Gasteiger partial charge in [-0.25, -0.2) is 0 Å². The van der Waals surface area contributed by atoms with Gasteiger partial charge in [0.25, 0.3) is 0 Å². The lowest BCUT2D eigenvalue weighted by Gasteiger charge is -2.41. The summed E-state index contributed by atoms with van der Waals surface area (Å²) in [4.78, 5) is 1.97. The second kappa shape index (κ2) is 10.5. The van der Waals surface area contributed by atoms with Crippen molar-refractivity contribution in [2.45, 2.75) is 51.4 Å². The minimum absolute atomic E-state index is 0.0793. The third-order valence-electron chi connectivity index (χ3n) is 9.81. The van der Waals surface area contributed by atoms with Crippen molar-refractivity contribution in [1.82, 2.24) is 0 Å². The van der Waals surface area contributed by atoms with Crippen LogP contribution in [0, 0.1) is 0 Å². The maximum Gasteiger partial charge on any atom is 0.137 e. The van der Waals surface area contributed by atoms with Crippen LogP contribution in [0.5, 0.6) is 0 Å². The van der Waals surface area contributed by atoms with Crippen LogP contribution in [0.2, 0.25) is 0 Å². The molecule has 1 aliphatic carbocycles. The van der Waals surface area contributed by atoms with Crippen LogP contribution < -0.4 is 32.2 Å². The second-order valence-corrected chi connectivity index (χ2v) is 13.6. The highest BCUT2D eigenvalue weighted by atomic mass is 16.3. The highest BCUT2D eigenvalue weighted by molar-refractivity contribution is 6.69. The zero-order valence-electron chi connectivity index (χ0n) is 26.2. The van der Waals surface area contributed by atoms with E-state index in [-0.39, 0.29) is 38.1 Å². The molecular weight excluding hydrogens is 540 g/mol. The molecule has 0 unspecified atom stereocenters. The molecule has 7 rings (SSSR count). The lowest BCUT2D eigenvalue weighted by molar-refractivity contribution is 0.332. The molecule has 0 fully saturated rings. The molecule has 1 aliphatic rings. The quantitative estimate of drug-likeness (QED) is 0.276. The number of furan rings is 1. The summed E-state index contributed by atoms with van der Waals surface area (Å²) in [5.74, 6) is 0. The summed E-state index contributed by atoms with van der Waals surface area (Å²) in [6.07, 6.45) is 2.28. The summed E-state index contributed by atoms with van der Waals surface area (Å²) in [7, 11) is 32.2. The van der Waals surface area contributed by atoms with Gasteiger partial charge in [0, 0.05) is 33.9 Å². The first kappa shape index (κ1) is 29.7. The zero-order chi connectivity index (χ0) is 31.8. The van der Waals surface area contributed by atoms with E-state index in [0.29, 0.717) is 5.69 Å². The van der Waals surface area contributed by atoms with Crippen molar-refractivity contribution in [3.05, 3.63) is 96.1 Å². The van der Waals surface area contributed by atoms with E-state index in [1.54, 1.807) is 0 Å². The first-order valence-corrected chi connectivity index (χ1v) is 15.4. The summed E-state index contributed by atoms with van der Waals surface area (Å²) in [6.45, 7) is 9.33. The van der Waals surface area contributed by atoms with Gasteiger partial charge in [0.1, 0.15) is 50.4 Å². The van der Waals surface area contributed by atoms with E-state index < -0.39 is 0 Å². The normalized spacial score (nSPS) is 15.3. The van der Waals surface area contributed by atoms with Crippen LogP contribution >= 0.6 is 0 Å². The second-order valence-electron chi connectivity index (χ2n) is 13.6. The van der Waals surface area contributed by atoms with Crippen molar-refractivity contribution in [2.24, 2.45) is 0 Å². The fourth-order valence-electron chi connectivity index (χ4n) is 6.88. The summed E-state index contributed by atoms with van der Waals surface area (Å²) < 4.78 is 6.59. The summed E-state index contributed by atoms with van der Waals surface area (Å²) in [6, 6.07) is 29.2. The van der Waals surface area contributed by atoms with Crippen molar-refractivity contribution < 1.29 is 4.42 Å². The van der Waals surface area contributed by atoms with Crippen molar-refractivity contribution in [3.63, 3.8) is 0 Å². The Morgan fingerprint density at radius 1 is 0.533 bits per heavy atom. The van der Waals surface area contributed by atoms with Crippen molar-refractivity contribution in [1.29, 1.82) is 0 Å². The highest BCUT2D eigenvalue weighted by Gasteiger charge is 2.37. The van der Waals surface area contributed by atoms with Gasteiger partial charge in [0.15, 0.2) is 0 Å². The third-order valence-corrected chi connectivity index (χ3v) is 9.81. The van der Waals surface area contributed by atoms with Crippen LogP contribution in [0.3, 0.4) is 0 Å². The molecule has 0 bridgehead atoms. The predicted octanol–water partition coefficient (Wildman–Crippen LogP) is 5.04. The van der Waals surface area contributed by atoms with E-state index in [1.807, 2.05) is 41.3 Å². The lowest BCUT2D eigenvalue weighted by Crippen LogP contribution is -2.56. The van der Waals surface area contributed by atoms with E-state index in [9.17, 15) is 0 Å². The molecule has 0 atom stereocenters. The molecule has 208 valence electrons. The van der Waals surface area contributed by atoms with Crippen LogP contribution in [-0.4, -0.2) is 39.2 Å². The fourth-order valence-corrected chi connectivity index (χ4v) is 6.88. The Labute approximate surface area is 272 Å². The Hall–Kier alpha value is -3.98. The lowest BCUT2D eigenvalue weighted by atomic mass is 9.61. The Morgan fingerprint density at radius 3 is 1.67 bits per heavy atom. The summed E-state index contributed by atoms with van der Waals surface area (Å²) in [5.41, 5.74) is 9.95. The fraction of sp³-hybridized carbons (Fsp3) is 0.211. The number of fused-ring (bicyclic) bond motifs is 4. The molecule has 0 amide bonds. The van der Waals surface area contributed by atoms with Gasteiger partial charge in [-0.2, -0.15) is 0 Å². The Kier molecular flexibility index (Phi) is 6.97. The van der Waals surface area contributed by atoms with Gasteiger partial charge in [-0.05, 0) is 82.3 Å². The van der Waals surface area contributed by atoms with Gasteiger partial charge in [-0.3, -0.25) is 0 Å². The minimum Gasteiger partial charge on any atom is -0.456 e. The van der Waals surface area contributed by atoms with Crippen molar-refractivity contribution in [2.75, 3.05) is 4.90 Å². The standard InChI is InChI=1S/C38H30B5NO/c1-37(2)16-17-38(3,4)28-20-30-26(19-27(28)37)25-15-14-24(18-29(25)45-30)44(36-34(42)32(40)31(39)33(41)35(36)43)23-12-10-22(11-13-23)21-8-6-5-7-9-21/h5-15,18-20H,16-17H2,1-4H3. The molecule has 1 aromatic heterocycles.